The molecule has 1 N–H and O–H groups in total. The molecule has 4 heterocycles. The number of aromatic nitrogens is 5. The monoisotopic (exact) mass is 408 g/mol. The largest absolute Gasteiger partial charge is 0.309 e. The van der Waals surface area contributed by atoms with E-state index in [1.165, 1.54) is 15.3 Å². The van der Waals surface area contributed by atoms with Gasteiger partial charge in [-0.05, 0) is 34.1 Å². The van der Waals surface area contributed by atoms with E-state index in [4.69, 9.17) is 7.85 Å². The summed E-state index contributed by atoms with van der Waals surface area (Å²) in [6, 6.07) is 8.19. The third-order valence-corrected chi connectivity index (χ3v) is 4.14. The van der Waals surface area contributed by atoms with Gasteiger partial charge in [0.15, 0.2) is 5.65 Å². The summed E-state index contributed by atoms with van der Waals surface area (Å²) in [5.74, 6) is -0.0442. The van der Waals surface area contributed by atoms with E-state index in [9.17, 15) is 9.59 Å². The van der Waals surface area contributed by atoms with Crippen molar-refractivity contribution >= 4 is 57.6 Å². The Labute approximate surface area is 156 Å². The number of nitrogens with one attached hydrogen (secondary N) is 1. The van der Waals surface area contributed by atoms with Gasteiger partial charge in [0.1, 0.15) is 30.5 Å². The van der Waals surface area contributed by atoms with Gasteiger partial charge in [-0.2, -0.15) is 9.61 Å². The summed E-state index contributed by atoms with van der Waals surface area (Å²) in [6.45, 7) is -0.197. The third-order valence-electron chi connectivity index (χ3n) is 3.76. The average molecular weight is 409 g/mol. The third kappa shape index (κ3) is 2.88. The van der Waals surface area contributed by atoms with Crippen molar-refractivity contribution in [2.75, 3.05) is 5.32 Å². The maximum absolute atomic E-state index is 12.8. The molecule has 2 radical (unpaired) electrons. The second-order valence-electron chi connectivity index (χ2n) is 5.53. The zero-order chi connectivity index (χ0) is 18.3. The number of anilines is 1. The highest BCUT2D eigenvalue weighted by Gasteiger charge is 2.16. The quantitative estimate of drug-likeness (QED) is 0.502. The normalized spacial score (nSPS) is 11.1. The lowest BCUT2D eigenvalue weighted by molar-refractivity contribution is -0.116. The summed E-state index contributed by atoms with van der Waals surface area (Å²) >= 11 is 3.30. The highest BCUT2D eigenvalue weighted by Crippen LogP contribution is 2.16. The standard InChI is InChI=1S/C16H10BBrN6O2/c17-9-3-4-12(20-7-9)21-13(25)8-23-14-6-11(18)22-24(14)15-10(16(23)26)2-1-5-19-15/h1-7H,8H2,(H,20,21,25). The van der Waals surface area contributed by atoms with Crippen LogP contribution < -0.4 is 16.3 Å². The van der Waals surface area contributed by atoms with Crippen molar-refractivity contribution in [3.8, 4) is 0 Å². The number of fused-ring (bicyclic) bond motifs is 3. The number of carbonyl (C=O) groups is 1. The van der Waals surface area contributed by atoms with Crippen molar-refractivity contribution in [1.82, 2.24) is 24.1 Å². The molecule has 0 aliphatic heterocycles. The molecule has 0 aromatic carbocycles. The summed E-state index contributed by atoms with van der Waals surface area (Å²) in [7, 11) is 5.58. The molecule has 0 saturated carbocycles. The first-order valence-electron chi connectivity index (χ1n) is 7.57. The number of carbonyl (C=O) groups excluding carboxylic acids is 1. The molecule has 0 saturated heterocycles. The lowest BCUT2D eigenvalue weighted by Gasteiger charge is -2.10. The first-order valence-corrected chi connectivity index (χ1v) is 8.36. The van der Waals surface area contributed by atoms with Gasteiger partial charge >= 0.3 is 0 Å². The van der Waals surface area contributed by atoms with Crippen molar-refractivity contribution in [2.24, 2.45) is 0 Å². The molecule has 26 heavy (non-hydrogen) atoms. The van der Waals surface area contributed by atoms with Crippen molar-refractivity contribution < 1.29 is 4.79 Å². The van der Waals surface area contributed by atoms with Gasteiger partial charge in [-0.1, -0.05) is 11.5 Å². The van der Waals surface area contributed by atoms with Crippen LogP contribution in [0.15, 0.2) is 52.1 Å². The Bertz CT molecular complexity index is 1200. The summed E-state index contributed by atoms with van der Waals surface area (Å²) < 4.78 is 3.40. The van der Waals surface area contributed by atoms with Gasteiger partial charge in [-0.15, -0.1) is 0 Å². The van der Waals surface area contributed by atoms with Gasteiger partial charge in [-0.25, -0.2) is 9.97 Å². The molecule has 0 spiro atoms. The Morgan fingerprint density at radius 3 is 2.88 bits per heavy atom. The second kappa shape index (κ2) is 6.38. The molecule has 1 amide bonds. The van der Waals surface area contributed by atoms with E-state index in [1.807, 2.05) is 0 Å². The minimum Gasteiger partial charge on any atom is -0.309 e. The maximum atomic E-state index is 12.8. The summed E-state index contributed by atoms with van der Waals surface area (Å²) in [4.78, 5) is 33.5. The molecule has 4 aromatic rings. The van der Waals surface area contributed by atoms with Crippen molar-refractivity contribution in [1.29, 1.82) is 0 Å². The number of halogens is 1. The fourth-order valence-electron chi connectivity index (χ4n) is 2.63. The molecule has 0 atom stereocenters. The Hall–Kier alpha value is -3.01. The molecular formula is C16H10BBrN6O2. The predicted molar refractivity (Wildman–Crippen MR) is 101 cm³/mol. The van der Waals surface area contributed by atoms with Crippen LogP contribution in [-0.2, 0) is 11.3 Å². The number of hydrogen-bond donors (Lipinski definition) is 1. The topological polar surface area (TPSA) is 94.2 Å². The molecule has 0 bridgehead atoms. The van der Waals surface area contributed by atoms with E-state index in [0.717, 1.165) is 0 Å². The van der Waals surface area contributed by atoms with Crippen LogP contribution in [0.5, 0.6) is 0 Å². The minimum absolute atomic E-state index is 0.197. The van der Waals surface area contributed by atoms with Gasteiger partial charge in [0.25, 0.3) is 5.56 Å². The zero-order valence-electron chi connectivity index (χ0n) is 13.3. The number of hydrogen-bond acceptors (Lipinski definition) is 5. The van der Waals surface area contributed by atoms with E-state index < -0.39 is 5.91 Å². The van der Waals surface area contributed by atoms with Crippen molar-refractivity contribution in [3.05, 3.63) is 57.7 Å². The van der Waals surface area contributed by atoms with Crippen LogP contribution in [-0.4, -0.2) is 37.9 Å². The molecule has 4 aromatic heterocycles. The zero-order valence-corrected chi connectivity index (χ0v) is 14.8. The van der Waals surface area contributed by atoms with Crippen LogP contribution in [0.4, 0.5) is 5.82 Å². The smallest absolute Gasteiger partial charge is 0.263 e. The lowest BCUT2D eigenvalue weighted by Crippen LogP contribution is -2.29. The Kier molecular flexibility index (Phi) is 4.04. The molecule has 4 rings (SSSR count). The first kappa shape index (κ1) is 16.5. The highest BCUT2D eigenvalue weighted by molar-refractivity contribution is 9.10. The van der Waals surface area contributed by atoms with Crippen LogP contribution in [0.25, 0.3) is 16.7 Å². The van der Waals surface area contributed by atoms with Gasteiger partial charge in [-0.3, -0.25) is 14.2 Å². The van der Waals surface area contributed by atoms with Crippen LogP contribution in [0.1, 0.15) is 0 Å². The fraction of sp³-hybridized carbons (Fsp3) is 0.0625. The molecule has 0 fully saturated rings. The maximum Gasteiger partial charge on any atom is 0.263 e. The average Bonchev–Trinajstić information content (AvgIpc) is 3.02. The molecule has 10 heteroatoms. The molecule has 0 unspecified atom stereocenters. The van der Waals surface area contributed by atoms with Gasteiger partial charge in [0.05, 0.1) is 5.39 Å². The summed E-state index contributed by atoms with van der Waals surface area (Å²) in [6.07, 6.45) is 3.02. The van der Waals surface area contributed by atoms with Crippen molar-refractivity contribution in [2.45, 2.75) is 6.54 Å². The Morgan fingerprint density at radius 2 is 2.12 bits per heavy atom. The Morgan fingerprint density at radius 1 is 1.27 bits per heavy atom. The van der Waals surface area contributed by atoms with Crippen LogP contribution >= 0.6 is 15.9 Å². The van der Waals surface area contributed by atoms with Crippen LogP contribution in [0.2, 0.25) is 0 Å². The SMILES string of the molecule is [B]c1ccc(NC(=O)Cn2c(=O)c3cccnc3n3nc(Br)cc23)nc1. The first-order chi connectivity index (χ1) is 12.5. The number of rotatable bonds is 3. The van der Waals surface area contributed by atoms with E-state index in [-0.39, 0.29) is 12.1 Å². The van der Waals surface area contributed by atoms with Crippen molar-refractivity contribution in [3.63, 3.8) is 0 Å². The number of amides is 1. The second-order valence-corrected chi connectivity index (χ2v) is 6.34. The summed E-state index contributed by atoms with van der Waals surface area (Å²) in [5.41, 5.74) is 1.05. The molecule has 0 aliphatic carbocycles. The minimum atomic E-state index is -0.396. The molecule has 8 nitrogen and oxygen atoms in total. The van der Waals surface area contributed by atoms with Gasteiger partial charge in [0.2, 0.25) is 5.91 Å². The van der Waals surface area contributed by atoms with E-state index in [0.29, 0.717) is 32.6 Å². The fourth-order valence-corrected chi connectivity index (χ4v) is 2.99. The van der Waals surface area contributed by atoms with E-state index in [1.54, 1.807) is 36.5 Å². The number of pyridine rings is 2. The number of nitrogens with zero attached hydrogens (tertiary/aromatic N) is 5. The Balaban J connectivity index is 1.77. The molecular weight excluding hydrogens is 399 g/mol. The predicted octanol–water partition coefficient (Wildman–Crippen LogP) is 0.634. The van der Waals surface area contributed by atoms with Crippen LogP contribution in [0, 0.1) is 0 Å². The highest BCUT2D eigenvalue weighted by atomic mass is 79.9. The van der Waals surface area contributed by atoms with Crippen LogP contribution in [0.3, 0.4) is 0 Å². The van der Waals surface area contributed by atoms with E-state index >= 15 is 0 Å². The van der Waals surface area contributed by atoms with Gasteiger partial charge < -0.3 is 5.32 Å². The molecule has 126 valence electrons. The molecule has 0 aliphatic rings. The lowest BCUT2D eigenvalue weighted by atomic mass is 9.99. The van der Waals surface area contributed by atoms with E-state index in [2.05, 4.69) is 36.3 Å². The summed E-state index contributed by atoms with van der Waals surface area (Å²) in [5, 5.41) is 7.31. The van der Waals surface area contributed by atoms with Gasteiger partial charge in [0, 0.05) is 18.5 Å².